The van der Waals surface area contributed by atoms with Gasteiger partial charge in [0, 0.05) is 28.3 Å². The molecule has 0 bridgehead atoms. The van der Waals surface area contributed by atoms with Crippen LogP contribution in [0.2, 0.25) is 5.02 Å². The predicted molar refractivity (Wildman–Crippen MR) is 124 cm³/mol. The van der Waals surface area contributed by atoms with E-state index < -0.39 is 0 Å². The third-order valence-electron chi connectivity index (χ3n) is 4.28. The van der Waals surface area contributed by atoms with Crippen LogP contribution in [0, 0.1) is 0 Å². The van der Waals surface area contributed by atoms with Crippen LogP contribution in [0.25, 0.3) is 10.9 Å². The van der Waals surface area contributed by atoms with Crippen molar-refractivity contribution in [3.05, 3.63) is 89.7 Å². The molecule has 1 aromatic heterocycles. The number of thiocarbonyl (C=S) groups is 1. The molecule has 5 nitrogen and oxygen atoms in total. The van der Waals surface area contributed by atoms with Crippen LogP contribution in [0.5, 0.6) is 0 Å². The molecule has 0 fully saturated rings. The first-order valence-electron chi connectivity index (χ1n) is 9.03. The summed E-state index contributed by atoms with van der Waals surface area (Å²) in [5.41, 5.74) is 3.71. The lowest BCUT2D eigenvalue weighted by Gasteiger charge is -2.13. The molecule has 4 rings (SSSR count). The van der Waals surface area contributed by atoms with Gasteiger partial charge in [0.05, 0.1) is 5.52 Å². The summed E-state index contributed by atoms with van der Waals surface area (Å²) in [7, 11) is 0. The summed E-state index contributed by atoms with van der Waals surface area (Å²) in [6.07, 6.45) is 1.54. The first kappa shape index (κ1) is 19.1. The maximum absolute atomic E-state index is 6.08. The quantitative estimate of drug-likeness (QED) is 0.370. The van der Waals surface area contributed by atoms with Gasteiger partial charge in [0.2, 0.25) is 0 Å². The number of hydrogen-bond donors (Lipinski definition) is 3. The van der Waals surface area contributed by atoms with Gasteiger partial charge in [-0.2, -0.15) is 0 Å². The van der Waals surface area contributed by atoms with Gasteiger partial charge >= 0.3 is 0 Å². The molecule has 0 spiro atoms. The molecule has 3 N–H and O–H groups in total. The molecule has 144 valence electrons. The fourth-order valence-electron chi connectivity index (χ4n) is 2.89. The van der Waals surface area contributed by atoms with Gasteiger partial charge in [-0.05, 0) is 54.2 Å². The minimum absolute atomic E-state index is 0.550. The van der Waals surface area contributed by atoms with E-state index in [4.69, 9.17) is 23.8 Å². The normalized spacial score (nSPS) is 10.5. The zero-order valence-electron chi connectivity index (χ0n) is 15.4. The van der Waals surface area contributed by atoms with E-state index in [9.17, 15) is 0 Å². The SMILES string of the molecule is S=C(NCc1ccccc1)Nc1ccc2ncnc(Nc3cccc(Cl)c3)c2c1. The van der Waals surface area contributed by atoms with E-state index in [1.54, 1.807) is 0 Å². The van der Waals surface area contributed by atoms with Gasteiger partial charge in [0.25, 0.3) is 0 Å². The Hall–Kier alpha value is -3.22. The number of anilines is 3. The number of fused-ring (bicyclic) bond motifs is 1. The van der Waals surface area contributed by atoms with Crippen molar-refractivity contribution in [2.45, 2.75) is 6.54 Å². The van der Waals surface area contributed by atoms with E-state index in [-0.39, 0.29) is 0 Å². The number of nitrogens with one attached hydrogen (secondary N) is 3. The van der Waals surface area contributed by atoms with Crippen LogP contribution in [-0.4, -0.2) is 15.1 Å². The van der Waals surface area contributed by atoms with E-state index >= 15 is 0 Å². The van der Waals surface area contributed by atoms with E-state index in [1.807, 2.05) is 60.7 Å². The number of hydrogen-bond acceptors (Lipinski definition) is 4. The van der Waals surface area contributed by atoms with Crippen molar-refractivity contribution >= 4 is 57.0 Å². The first-order valence-corrected chi connectivity index (χ1v) is 9.82. The van der Waals surface area contributed by atoms with Crippen LogP contribution in [0.3, 0.4) is 0 Å². The monoisotopic (exact) mass is 419 g/mol. The fraction of sp³-hybridized carbons (Fsp3) is 0.0455. The van der Waals surface area contributed by atoms with E-state index in [1.165, 1.54) is 6.33 Å². The molecule has 0 aliphatic carbocycles. The zero-order chi connectivity index (χ0) is 20.1. The molecule has 29 heavy (non-hydrogen) atoms. The minimum Gasteiger partial charge on any atom is -0.358 e. The maximum atomic E-state index is 6.08. The second-order valence-corrected chi connectivity index (χ2v) is 7.23. The average Bonchev–Trinajstić information content (AvgIpc) is 2.73. The Bertz CT molecular complexity index is 1150. The van der Waals surface area contributed by atoms with Crippen molar-refractivity contribution in [3.63, 3.8) is 0 Å². The molecule has 0 radical (unpaired) electrons. The second-order valence-electron chi connectivity index (χ2n) is 6.38. The van der Waals surface area contributed by atoms with Crippen molar-refractivity contribution < 1.29 is 0 Å². The topological polar surface area (TPSA) is 61.9 Å². The van der Waals surface area contributed by atoms with Crippen LogP contribution in [0.4, 0.5) is 17.2 Å². The molecule has 0 saturated carbocycles. The van der Waals surface area contributed by atoms with Crippen molar-refractivity contribution in [2.24, 2.45) is 0 Å². The van der Waals surface area contributed by atoms with Crippen molar-refractivity contribution in [2.75, 3.05) is 10.6 Å². The summed E-state index contributed by atoms with van der Waals surface area (Å²) in [5, 5.41) is 11.8. The Morgan fingerprint density at radius 3 is 2.59 bits per heavy atom. The molecular weight excluding hydrogens is 402 g/mol. The third-order valence-corrected chi connectivity index (χ3v) is 4.76. The summed E-state index contributed by atoms with van der Waals surface area (Å²) in [6, 6.07) is 23.4. The number of aromatic nitrogens is 2. The second kappa shape index (κ2) is 8.86. The molecule has 0 unspecified atom stereocenters. The molecule has 1 heterocycles. The van der Waals surface area contributed by atoms with Gasteiger partial charge in [0.15, 0.2) is 5.11 Å². The van der Waals surface area contributed by atoms with E-state index in [0.29, 0.717) is 22.5 Å². The maximum Gasteiger partial charge on any atom is 0.171 e. The van der Waals surface area contributed by atoms with Crippen molar-refractivity contribution in [3.8, 4) is 0 Å². The summed E-state index contributed by atoms with van der Waals surface area (Å²) >= 11 is 11.5. The molecule has 0 atom stereocenters. The smallest absolute Gasteiger partial charge is 0.171 e. The minimum atomic E-state index is 0.550. The molecule has 0 aliphatic rings. The third kappa shape index (κ3) is 4.99. The highest BCUT2D eigenvalue weighted by molar-refractivity contribution is 7.80. The Morgan fingerprint density at radius 2 is 1.76 bits per heavy atom. The molecule has 0 amide bonds. The Kier molecular flexibility index (Phi) is 5.84. The number of nitrogens with zero attached hydrogens (tertiary/aromatic N) is 2. The van der Waals surface area contributed by atoms with Gasteiger partial charge < -0.3 is 16.0 Å². The fourth-order valence-corrected chi connectivity index (χ4v) is 3.27. The molecular formula is C22H18ClN5S. The van der Waals surface area contributed by atoms with Crippen LogP contribution >= 0.6 is 23.8 Å². The van der Waals surface area contributed by atoms with Crippen LogP contribution in [-0.2, 0) is 6.54 Å². The molecule has 0 aliphatic heterocycles. The largest absolute Gasteiger partial charge is 0.358 e. The van der Waals surface area contributed by atoms with Crippen molar-refractivity contribution in [1.29, 1.82) is 0 Å². The van der Waals surface area contributed by atoms with Crippen LogP contribution in [0.15, 0.2) is 79.1 Å². The molecule has 0 saturated heterocycles. The lowest BCUT2D eigenvalue weighted by molar-refractivity contribution is 0.926. The Labute approximate surface area is 179 Å². The summed E-state index contributed by atoms with van der Waals surface area (Å²) in [6.45, 7) is 0.658. The van der Waals surface area contributed by atoms with Gasteiger partial charge in [-0.15, -0.1) is 0 Å². The average molecular weight is 420 g/mol. The zero-order valence-corrected chi connectivity index (χ0v) is 17.0. The van der Waals surface area contributed by atoms with Gasteiger partial charge in [-0.3, -0.25) is 0 Å². The lowest BCUT2D eigenvalue weighted by Crippen LogP contribution is -2.27. The highest BCUT2D eigenvalue weighted by Gasteiger charge is 2.07. The molecule has 4 aromatic rings. The van der Waals surface area contributed by atoms with Gasteiger partial charge in [0.1, 0.15) is 12.1 Å². The molecule has 3 aromatic carbocycles. The van der Waals surface area contributed by atoms with Gasteiger partial charge in [-0.1, -0.05) is 48.0 Å². The number of rotatable bonds is 5. The Balaban J connectivity index is 1.51. The predicted octanol–water partition coefficient (Wildman–Crippen LogP) is 5.51. The summed E-state index contributed by atoms with van der Waals surface area (Å²) < 4.78 is 0. The van der Waals surface area contributed by atoms with Gasteiger partial charge in [-0.25, -0.2) is 9.97 Å². The van der Waals surface area contributed by atoms with E-state index in [0.717, 1.165) is 27.8 Å². The highest BCUT2D eigenvalue weighted by atomic mass is 35.5. The van der Waals surface area contributed by atoms with Crippen LogP contribution in [0.1, 0.15) is 5.56 Å². The van der Waals surface area contributed by atoms with Crippen molar-refractivity contribution in [1.82, 2.24) is 15.3 Å². The Morgan fingerprint density at radius 1 is 0.897 bits per heavy atom. The summed E-state index contributed by atoms with van der Waals surface area (Å²) in [5.74, 6) is 0.698. The van der Waals surface area contributed by atoms with Crippen LogP contribution < -0.4 is 16.0 Å². The van der Waals surface area contributed by atoms with E-state index in [2.05, 4.69) is 38.1 Å². The standard InChI is InChI=1S/C22H18ClN5S/c23-16-7-4-8-17(11-16)27-21-19-12-18(9-10-20(19)25-14-26-21)28-22(29)24-13-15-5-2-1-3-6-15/h1-12,14H,13H2,(H2,24,28,29)(H,25,26,27). The molecule has 7 heteroatoms. The highest BCUT2D eigenvalue weighted by Crippen LogP contribution is 2.26. The first-order chi connectivity index (χ1) is 14.2. The lowest BCUT2D eigenvalue weighted by atomic mass is 10.2. The number of halogens is 1. The summed E-state index contributed by atoms with van der Waals surface area (Å²) in [4.78, 5) is 8.73. The number of benzene rings is 3.